The number of nitrogens with one attached hydrogen (secondary N) is 1. The lowest BCUT2D eigenvalue weighted by Gasteiger charge is -2.22. The molecule has 1 aliphatic carbocycles. The molecule has 1 aromatic rings. The third-order valence-corrected chi connectivity index (χ3v) is 4.76. The highest BCUT2D eigenvalue weighted by Gasteiger charge is 2.47. The van der Waals surface area contributed by atoms with Gasteiger partial charge in [0.15, 0.2) is 0 Å². The average molecular weight is 249 g/mol. The number of aromatic nitrogens is 2. The van der Waals surface area contributed by atoms with Gasteiger partial charge in [0.1, 0.15) is 0 Å². The van der Waals surface area contributed by atoms with E-state index in [1.807, 2.05) is 0 Å². The summed E-state index contributed by atoms with van der Waals surface area (Å²) < 4.78 is 2.16. The zero-order valence-electron chi connectivity index (χ0n) is 12.2. The molecule has 0 aliphatic heterocycles. The van der Waals surface area contributed by atoms with Crippen LogP contribution >= 0.6 is 0 Å². The first-order chi connectivity index (χ1) is 8.65. The molecule has 0 radical (unpaired) electrons. The molecule has 3 nitrogen and oxygen atoms in total. The fourth-order valence-electron chi connectivity index (χ4n) is 2.93. The zero-order chi connectivity index (χ0) is 13.2. The number of hydrogen-bond donors (Lipinski definition) is 1. The maximum absolute atomic E-state index is 4.78. The van der Waals surface area contributed by atoms with Crippen molar-refractivity contribution in [3.63, 3.8) is 0 Å². The average Bonchev–Trinajstić information content (AvgIpc) is 3.02. The van der Waals surface area contributed by atoms with Gasteiger partial charge < -0.3 is 5.32 Å². The molecular formula is C15H27N3. The Morgan fingerprint density at radius 3 is 2.56 bits per heavy atom. The van der Waals surface area contributed by atoms with Crippen molar-refractivity contribution >= 4 is 0 Å². The number of rotatable bonds is 7. The molecule has 0 bridgehead atoms. The van der Waals surface area contributed by atoms with E-state index < -0.39 is 0 Å². The van der Waals surface area contributed by atoms with E-state index in [1.54, 1.807) is 0 Å². The molecule has 18 heavy (non-hydrogen) atoms. The fraction of sp³-hybridized carbons (Fsp3) is 0.800. The minimum Gasteiger partial charge on any atom is -0.317 e. The summed E-state index contributed by atoms with van der Waals surface area (Å²) in [7, 11) is 2.06. The summed E-state index contributed by atoms with van der Waals surface area (Å²) in [5.41, 5.74) is 1.74. The van der Waals surface area contributed by atoms with Gasteiger partial charge in [0.2, 0.25) is 0 Å². The molecule has 1 heterocycles. The summed E-state index contributed by atoms with van der Waals surface area (Å²) >= 11 is 0. The van der Waals surface area contributed by atoms with Gasteiger partial charge in [-0.15, -0.1) is 0 Å². The second-order valence-corrected chi connectivity index (χ2v) is 5.81. The maximum atomic E-state index is 4.78. The van der Waals surface area contributed by atoms with E-state index in [0.717, 1.165) is 19.3 Å². The Kier molecular flexibility index (Phi) is 4.10. The van der Waals surface area contributed by atoms with Crippen LogP contribution in [0.3, 0.4) is 0 Å². The first-order valence-corrected chi connectivity index (χ1v) is 7.36. The highest BCUT2D eigenvalue weighted by Crippen LogP contribution is 2.50. The standard InChI is InChI=1S/C15H27N3/c1-5-14(6-2)18-10-7-13(17-18)11-15(8-9-15)12(3)16-4/h7,10,12,14,16H,5-6,8-9,11H2,1-4H3. The lowest BCUT2D eigenvalue weighted by atomic mass is 9.92. The Morgan fingerprint density at radius 2 is 2.06 bits per heavy atom. The van der Waals surface area contributed by atoms with Gasteiger partial charge in [-0.3, -0.25) is 4.68 Å². The van der Waals surface area contributed by atoms with Crippen LogP contribution in [-0.2, 0) is 6.42 Å². The van der Waals surface area contributed by atoms with Crippen LogP contribution in [-0.4, -0.2) is 22.9 Å². The van der Waals surface area contributed by atoms with Crippen LogP contribution in [0.2, 0.25) is 0 Å². The Balaban J connectivity index is 2.03. The summed E-state index contributed by atoms with van der Waals surface area (Å²) in [6.07, 6.45) is 8.29. The third-order valence-electron chi connectivity index (χ3n) is 4.76. The maximum Gasteiger partial charge on any atom is 0.0630 e. The van der Waals surface area contributed by atoms with Crippen LogP contribution < -0.4 is 5.32 Å². The molecular weight excluding hydrogens is 222 g/mol. The second-order valence-electron chi connectivity index (χ2n) is 5.81. The topological polar surface area (TPSA) is 29.9 Å². The Morgan fingerprint density at radius 1 is 1.39 bits per heavy atom. The summed E-state index contributed by atoms with van der Waals surface area (Å²) in [5, 5.41) is 8.19. The van der Waals surface area contributed by atoms with Crippen molar-refractivity contribution < 1.29 is 0 Å². The largest absolute Gasteiger partial charge is 0.317 e. The third kappa shape index (κ3) is 2.61. The predicted octanol–water partition coefficient (Wildman–Crippen LogP) is 3.17. The van der Waals surface area contributed by atoms with Gasteiger partial charge in [0.25, 0.3) is 0 Å². The molecule has 0 amide bonds. The van der Waals surface area contributed by atoms with E-state index in [9.17, 15) is 0 Å². The van der Waals surface area contributed by atoms with Crippen LogP contribution in [0.25, 0.3) is 0 Å². The van der Waals surface area contributed by atoms with Crippen molar-refractivity contribution in [2.24, 2.45) is 5.41 Å². The highest BCUT2D eigenvalue weighted by atomic mass is 15.3. The van der Waals surface area contributed by atoms with Crippen molar-refractivity contribution in [1.29, 1.82) is 0 Å². The van der Waals surface area contributed by atoms with Crippen LogP contribution in [0.1, 0.15) is 58.2 Å². The summed E-state index contributed by atoms with van der Waals surface area (Å²) in [6.45, 7) is 6.77. The molecule has 1 aromatic heterocycles. The predicted molar refractivity (Wildman–Crippen MR) is 75.7 cm³/mol. The van der Waals surface area contributed by atoms with E-state index in [2.05, 4.69) is 50.1 Å². The molecule has 0 saturated heterocycles. The molecule has 1 saturated carbocycles. The van der Waals surface area contributed by atoms with Crippen LogP contribution in [0, 0.1) is 5.41 Å². The summed E-state index contributed by atoms with van der Waals surface area (Å²) in [5.74, 6) is 0. The molecule has 0 aromatic carbocycles. The lowest BCUT2D eigenvalue weighted by molar-refractivity contribution is 0.361. The Bertz CT molecular complexity index is 375. The molecule has 102 valence electrons. The lowest BCUT2D eigenvalue weighted by Crippen LogP contribution is -2.33. The zero-order valence-corrected chi connectivity index (χ0v) is 12.2. The molecule has 0 spiro atoms. The fourth-order valence-corrected chi connectivity index (χ4v) is 2.93. The monoisotopic (exact) mass is 249 g/mol. The molecule has 1 aliphatic rings. The molecule has 1 fully saturated rings. The van der Waals surface area contributed by atoms with E-state index >= 15 is 0 Å². The molecule has 1 N–H and O–H groups in total. The quantitative estimate of drug-likeness (QED) is 0.804. The summed E-state index contributed by atoms with van der Waals surface area (Å²) in [6, 6.07) is 3.37. The Hall–Kier alpha value is -0.830. The normalized spacial score (nSPS) is 19.2. The smallest absolute Gasteiger partial charge is 0.0630 e. The van der Waals surface area contributed by atoms with E-state index in [4.69, 9.17) is 5.10 Å². The minimum absolute atomic E-state index is 0.474. The molecule has 2 rings (SSSR count). The summed E-state index contributed by atoms with van der Waals surface area (Å²) in [4.78, 5) is 0. The van der Waals surface area contributed by atoms with Gasteiger partial charge in [0, 0.05) is 12.2 Å². The van der Waals surface area contributed by atoms with Crippen molar-refractivity contribution in [3.05, 3.63) is 18.0 Å². The van der Waals surface area contributed by atoms with Crippen molar-refractivity contribution in [3.8, 4) is 0 Å². The van der Waals surface area contributed by atoms with Crippen LogP contribution in [0.15, 0.2) is 12.3 Å². The molecule has 1 atom stereocenters. The van der Waals surface area contributed by atoms with Crippen molar-refractivity contribution in [2.75, 3.05) is 7.05 Å². The van der Waals surface area contributed by atoms with Gasteiger partial charge in [-0.05, 0) is 57.6 Å². The van der Waals surface area contributed by atoms with Crippen molar-refractivity contribution in [1.82, 2.24) is 15.1 Å². The van der Waals surface area contributed by atoms with Gasteiger partial charge in [-0.25, -0.2) is 0 Å². The van der Waals surface area contributed by atoms with E-state index in [0.29, 0.717) is 17.5 Å². The minimum atomic E-state index is 0.474. The first-order valence-electron chi connectivity index (χ1n) is 7.36. The van der Waals surface area contributed by atoms with Crippen molar-refractivity contribution in [2.45, 2.75) is 65.0 Å². The second kappa shape index (κ2) is 5.43. The van der Waals surface area contributed by atoms with Crippen LogP contribution in [0.5, 0.6) is 0 Å². The van der Waals surface area contributed by atoms with Crippen LogP contribution in [0.4, 0.5) is 0 Å². The van der Waals surface area contributed by atoms with Gasteiger partial charge in [-0.2, -0.15) is 5.10 Å². The SMILES string of the molecule is CCC(CC)n1ccc(CC2(C(C)NC)CC2)n1. The first kappa shape index (κ1) is 13.6. The number of nitrogens with zero attached hydrogens (tertiary/aromatic N) is 2. The van der Waals surface area contributed by atoms with E-state index in [1.165, 1.54) is 18.5 Å². The number of hydrogen-bond acceptors (Lipinski definition) is 2. The molecule has 1 unspecified atom stereocenters. The van der Waals surface area contributed by atoms with Gasteiger partial charge in [-0.1, -0.05) is 13.8 Å². The van der Waals surface area contributed by atoms with E-state index in [-0.39, 0.29) is 0 Å². The van der Waals surface area contributed by atoms with Gasteiger partial charge >= 0.3 is 0 Å². The highest BCUT2D eigenvalue weighted by molar-refractivity contribution is 5.11. The molecule has 3 heteroatoms. The Labute approximate surface area is 111 Å². The van der Waals surface area contributed by atoms with Gasteiger partial charge in [0.05, 0.1) is 11.7 Å².